The number of amides is 1. The molecule has 41 heavy (non-hydrogen) atoms. The summed E-state index contributed by atoms with van der Waals surface area (Å²) in [6, 6.07) is 15.9. The molecule has 4 aromatic rings. The number of fused-ring (bicyclic) bond motifs is 1. The minimum atomic E-state index is -0.966. The molecule has 2 N–H and O–H groups in total. The minimum absolute atomic E-state index is 0.0552. The van der Waals surface area contributed by atoms with Crippen LogP contribution in [0.3, 0.4) is 0 Å². The molecule has 1 saturated heterocycles. The Kier molecular flexibility index (Phi) is 7.19. The highest BCUT2D eigenvalue weighted by atomic mass is 19.1. The standard InChI is InChI=1S/C33H34FN3O4/c1-18(2)17-41-26-14-9-21(15-19(26)3)29(38)27-28(20-7-10-22(11-8-20)33(4,5)6)37(31(40)30(27)39)32-35-24-13-12-23(34)16-25(24)36-32/h7-16,18,28,38H,17H2,1-6H3,(H,35,36)/b29-27+. The van der Waals surface area contributed by atoms with Crippen molar-refractivity contribution in [1.29, 1.82) is 0 Å². The number of halogens is 1. The van der Waals surface area contributed by atoms with Gasteiger partial charge >= 0.3 is 5.91 Å². The van der Waals surface area contributed by atoms with Crippen LogP contribution in [-0.4, -0.2) is 33.4 Å². The summed E-state index contributed by atoms with van der Waals surface area (Å²) in [5.74, 6) is -1.32. The summed E-state index contributed by atoms with van der Waals surface area (Å²) in [7, 11) is 0. The molecule has 1 fully saturated rings. The van der Waals surface area contributed by atoms with Gasteiger partial charge in [-0.2, -0.15) is 0 Å². The van der Waals surface area contributed by atoms with E-state index in [4.69, 9.17) is 4.74 Å². The Bertz CT molecular complexity index is 1680. The highest BCUT2D eigenvalue weighted by Gasteiger charge is 2.48. The molecule has 0 saturated carbocycles. The van der Waals surface area contributed by atoms with Crippen molar-refractivity contribution in [1.82, 2.24) is 9.97 Å². The molecule has 1 atom stereocenters. The number of imidazole rings is 1. The van der Waals surface area contributed by atoms with Crippen molar-refractivity contribution >= 4 is 34.4 Å². The monoisotopic (exact) mass is 555 g/mol. The summed E-state index contributed by atoms with van der Waals surface area (Å²) in [5, 5.41) is 11.6. The molecule has 3 aromatic carbocycles. The molecule has 1 unspecified atom stereocenters. The number of nitrogens with one attached hydrogen (secondary N) is 1. The van der Waals surface area contributed by atoms with Crippen molar-refractivity contribution in [3.05, 3.63) is 94.3 Å². The summed E-state index contributed by atoms with van der Waals surface area (Å²) >= 11 is 0. The molecule has 0 aliphatic carbocycles. The first-order chi connectivity index (χ1) is 19.3. The second kappa shape index (κ2) is 10.5. The first-order valence-corrected chi connectivity index (χ1v) is 13.7. The highest BCUT2D eigenvalue weighted by molar-refractivity contribution is 6.51. The van der Waals surface area contributed by atoms with Gasteiger partial charge in [-0.25, -0.2) is 9.37 Å². The fraction of sp³-hybridized carbons (Fsp3) is 0.303. The number of ether oxygens (including phenoxy) is 1. The van der Waals surface area contributed by atoms with Gasteiger partial charge in [0.2, 0.25) is 5.95 Å². The quantitative estimate of drug-likeness (QED) is 0.152. The Hall–Kier alpha value is -4.46. The van der Waals surface area contributed by atoms with Crippen LogP contribution in [0, 0.1) is 18.7 Å². The van der Waals surface area contributed by atoms with E-state index in [0.717, 1.165) is 11.1 Å². The van der Waals surface area contributed by atoms with E-state index < -0.39 is 23.5 Å². The predicted molar refractivity (Wildman–Crippen MR) is 157 cm³/mol. The third kappa shape index (κ3) is 5.34. The number of hydrogen-bond donors (Lipinski definition) is 2. The molecule has 1 aliphatic heterocycles. The third-order valence-electron chi connectivity index (χ3n) is 7.22. The lowest BCUT2D eigenvalue weighted by Gasteiger charge is -2.25. The zero-order valence-corrected chi connectivity index (χ0v) is 24.1. The Labute approximate surface area is 238 Å². The Morgan fingerprint density at radius 2 is 1.78 bits per heavy atom. The zero-order chi connectivity index (χ0) is 29.6. The van der Waals surface area contributed by atoms with Crippen molar-refractivity contribution in [2.75, 3.05) is 11.5 Å². The van der Waals surface area contributed by atoms with Crippen LogP contribution in [-0.2, 0) is 15.0 Å². The van der Waals surface area contributed by atoms with Gasteiger partial charge in [-0.1, -0.05) is 58.9 Å². The average Bonchev–Trinajstić information content (AvgIpc) is 3.44. The van der Waals surface area contributed by atoms with Crippen molar-refractivity contribution in [3.8, 4) is 5.75 Å². The molecular weight excluding hydrogens is 521 g/mol. The summed E-state index contributed by atoms with van der Waals surface area (Å²) in [4.78, 5) is 35.8. The Morgan fingerprint density at radius 1 is 1.07 bits per heavy atom. The van der Waals surface area contributed by atoms with E-state index in [0.29, 0.717) is 40.4 Å². The van der Waals surface area contributed by atoms with Gasteiger partial charge in [0.25, 0.3) is 5.78 Å². The molecular formula is C33H34FN3O4. The number of anilines is 1. The van der Waals surface area contributed by atoms with E-state index >= 15 is 0 Å². The fourth-order valence-corrected chi connectivity index (χ4v) is 4.98. The van der Waals surface area contributed by atoms with Gasteiger partial charge < -0.3 is 14.8 Å². The van der Waals surface area contributed by atoms with E-state index in [2.05, 4.69) is 44.6 Å². The number of nitrogens with zero attached hydrogens (tertiary/aromatic N) is 2. The number of aromatic nitrogens is 2. The minimum Gasteiger partial charge on any atom is -0.507 e. The van der Waals surface area contributed by atoms with Crippen LogP contribution in [0.1, 0.15) is 62.9 Å². The zero-order valence-electron chi connectivity index (χ0n) is 24.1. The van der Waals surface area contributed by atoms with E-state index in [1.54, 1.807) is 18.2 Å². The van der Waals surface area contributed by atoms with Gasteiger partial charge in [-0.3, -0.25) is 14.5 Å². The van der Waals surface area contributed by atoms with E-state index in [9.17, 15) is 19.1 Å². The largest absolute Gasteiger partial charge is 0.507 e. The summed E-state index contributed by atoms with van der Waals surface area (Å²) in [5.41, 5.74) is 3.54. The summed E-state index contributed by atoms with van der Waals surface area (Å²) in [6.45, 7) is 12.8. The van der Waals surface area contributed by atoms with E-state index in [1.807, 2.05) is 31.2 Å². The number of aliphatic hydroxyl groups is 1. The molecule has 7 nitrogen and oxygen atoms in total. The summed E-state index contributed by atoms with van der Waals surface area (Å²) in [6.07, 6.45) is 0. The molecule has 1 aliphatic rings. The first-order valence-electron chi connectivity index (χ1n) is 13.7. The van der Waals surface area contributed by atoms with Crippen LogP contribution in [0.4, 0.5) is 10.3 Å². The van der Waals surface area contributed by atoms with Crippen molar-refractivity contribution < 1.29 is 23.8 Å². The average molecular weight is 556 g/mol. The van der Waals surface area contributed by atoms with Gasteiger partial charge in [0.1, 0.15) is 17.3 Å². The molecule has 5 rings (SSSR count). The van der Waals surface area contributed by atoms with Crippen LogP contribution < -0.4 is 9.64 Å². The topological polar surface area (TPSA) is 95.5 Å². The number of carbonyl (C=O) groups is 2. The number of aliphatic hydroxyl groups excluding tert-OH is 1. The molecule has 0 spiro atoms. The lowest BCUT2D eigenvalue weighted by Crippen LogP contribution is -2.30. The highest BCUT2D eigenvalue weighted by Crippen LogP contribution is 2.42. The fourth-order valence-electron chi connectivity index (χ4n) is 4.98. The Balaban J connectivity index is 1.66. The van der Waals surface area contributed by atoms with Crippen LogP contribution in [0.15, 0.2) is 66.2 Å². The van der Waals surface area contributed by atoms with Gasteiger partial charge in [-0.15, -0.1) is 0 Å². The molecule has 0 bridgehead atoms. The lowest BCUT2D eigenvalue weighted by molar-refractivity contribution is -0.132. The smallest absolute Gasteiger partial charge is 0.302 e. The second-order valence-electron chi connectivity index (χ2n) is 11.9. The number of hydrogen-bond acceptors (Lipinski definition) is 5. The number of rotatable bonds is 6. The number of aromatic amines is 1. The number of aryl methyl sites for hydroxylation is 1. The van der Waals surface area contributed by atoms with E-state index in [-0.39, 0.29) is 22.7 Å². The van der Waals surface area contributed by atoms with Crippen LogP contribution >= 0.6 is 0 Å². The maximum atomic E-state index is 13.9. The maximum Gasteiger partial charge on any atom is 0.302 e. The molecule has 2 heterocycles. The van der Waals surface area contributed by atoms with Gasteiger partial charge in [0.05, 0.1) is 29.3 Å². The number of Topliss-reactive ketones (excluding diaryl/α,β-unsaturated/α-hetero) is 1. The maximum absolute atomic E-state index is 13.9. The predicted octanol–water partition coefficient (Wildman–Crippen LogP) is 6.97. The van der Waals surface area contributed by atoms with Crippen LogP contribution in [0.2, 0.25) is 0 Å². The molecule has 1 amide bonds. The van der Waals surface area contributed by atoms with Gasteiger partial charge in [0, 0.05) is 5.56 Å². The summed E-state index contributed by atoms with van der Waals surface area (Å²) < 4.78 is 19.8. The molecule has 0 radical (unpaired) electrons. The second-order valence-corrected chi connectivity index (χ2v) is 11.9. The van der Waals surface area contributed by atoms with Crippen LogP contribution in [0.5, 0.6) is 5.75 Å². The first kappa shape index (κ1) is 28.1. The molecule has 8 heteroatoms. The van der Waals surface area contributed by atoms with Crippen LogP contribution in [0.25, 0.3) is 16.8 Å². The van der Waals surface area contributed by atoms with Crippen molar-refractivity contribution in [2.24, 2.45) is 5.92 Å². The lowest BCUT2D eigenvalue weighted by atomic mass is 9.85. The third-order valence-corrected chi connectivity index (χ3v) is 7.22. The van der Waals surface area contributed by atoms with Gasteiger partial charge in [-0.05, 0) is 71.3 Å². The van der Waals surface area contributed by atoms with Crippen molar-refractivity contribution in [2.45, 2.75) is 53.0 Å². The normalized spacial score (nSPS) is 17.2. The Morgan fingerprint density at radius 3 is 2.41 bits per heavy atom. The molecule has 212 valence electrons. The van der Waals surface area contributed by atoms with E-state index in [1.165, 1.54) is 23.1 Å². The number of benzene rings is 3. The molecule has 1 aromatic heterocycles. The number of H-pyrrole nitrogens is 1. The van der Waals surface area contributed by atoms with Crippen molar-refractivity contribution in [3.63, 3.8) is 0 Å². The SMILES string of the molecule is Cc1cc(/C(O)=C2\C(=O)C(=O)N(c3nc4ccc(F)cc4[nH]3)C2c2ccc(C(C)(C)C)cc2)ccc1OCC(C)C. The number of carbonyl (C=O) groups excluding carboxylic acids is 2. The van der Waals surface area contributed by atoms with Gasteiger partial charge in [0.15, 0.2) is 0 Å². The number of ketones is 1.